The first-order chi connectivity index (χ1) is 12.5. The highest BCUT2D eigenvalue weighted by Gasteiger charge is 2.37. The van der Waals surface area contributed by atoms with Crippen molar-refractivity contribution in [1.82, 2.24) is 5.32 Å². The van der Waals surface area contributed by atoms with Crippen LogP contribution in [-0.4, -0.2) is 40.7 Å². The van der Waals surface area contributed by atoms with Crippen LogP contribution in [0.4, 0.5) is 4.79 Å². The van der Waals surface area contributed by atoms with E-state index in [2.05, 4.69) is 26.1 Å². The third-order valence-electron chi connectivity index (χ3n) is 4.25. The Bertz CT molecular complexity index is 334. The highest BCUT2D eigenvalue weighted by molar-refractivity contribution is 6.59. The molecule has 0 saturated carbocycles. The largest absolute Gasteiger partial charge is 0.497 e. The first-order valence-electron chi connectivity index (χ1n) is 10.5. The summed E-state index contributed by atoms with van der Waals surface area (Å²) in [6, 6.07) is -0.495. The zero-order chi connectivity index (χ0) is 19.7. The molecule has 26 heavy (non-hydrogen) atoms. The predicted molar refractivity (Wildman–Crippen MR) is 109 cm³/mol. The molecule has 2 amide bonds. The minimum absolute atomic E-state index is 0.0239. The van der Waals surface area contributed by atoms with E-state index in [1.165, 1.54) is 0 Å². The SMILES string of the molecule is CCCCCO[Si](C)(OCCCCC)OC(CCCC)CCNC(N)=O. The number of primary amides is 1. The maximum Gasteiger partial charge on any atom is 0.497 e. The normalized spacial score (nSPS) is 12.9. The smallest absolute Gasteiger partial charge is 0.374 e. The van der Waals surface area contributed by atoms with Crippen molar-refractivity contribution in [3.8, 4) is 0 Å². The molecule has 1 unspecified atom stereocenters. The quantitative estimate of drug-likeness (QED) is 0.265. The Morgan fingerprint density at radius 1 is 0.923 bits per heavy atom. The number of hydrogen-bond donors (Lipinski definition) is 2. The predicted octanol–water partition coefficient (Wildman–Crippen LogP) is 4.60. The third kappa shape index (κ3) is 14.5. The zero-order valence-corrected chi connectivity index (χ0v) is 18.5. The molecular formula is C19H42N2O4Si. The molecule has 0 rings (SSSR count). The molecule has 0 aromatic carbocycles. The molecule has 0 radical (unpaired) electrons. The molecule has 0 fully saturated rings. The van der Waals surface area contributed by atoms with Gasteiger partial charge in [-0.2, -0.15) is 0 Å². The highest BCUT2D eigenvalue weighted by atomic mass is 28.4. The van der Waals surface area contributed by atoms with Crippen LogP contribution >= 0.6 is 0 Å². The molecule has 0 aliphatic heterocycles. The van der Waals surface area contributed by atoms with Gasteiger partial charge in [0, 0.05) is 26.3 Å². The molecule has 1 atom stereocenters. The Morgan fingerprint density at radius 3 is 1.92 bits per heavy atom. The topological polar surface area (TPSA) is 82.8 Å². The van der Waals surface area contributed by atoms with E-state index >= 15 is 0 Å². The summed E-state index contributed by atoms with van der Waals surface area (Å²) >= 11 is 0. The average Bonchev–Trinajstić information content (AvgIpc) is 2.60. The number of rotatable bonds is 18. The van der Waals surface area contributed by atoms with Crippen molar-refractivity contribution in [2.24, 2.45) is 5.73 Å². The van der Waals surface area contributed by atoms with Crippen LogP contribution in [0.25, 0.3) is 0 Å². The summed E-state index contributed by atoms with van der Waals surface area (Å²) in [6.45, 7) is 10.4. The van der Waals surface area contributed by atoms with Gasteiger partial charge in [-0.1, -0.05) is 59.3 Å². The lowest BCUT2D eigenvalue weighted by atomic mass is 10.1. The van der Waals surface area contributed by atoms with Crippen molar-refractivity contribution >= 4 is 14.8 Å². The lowest BCUT2D eigenvalue weighted by molar-refractivity contribution is 0.0242. The van der Waals surface area contributed by atoms with Crippen molar-refractivity contribution in [3.05, 3.63) is 0 Å². The fourth-order valence-corrected chi connectivity index (χ4v) is 4.77. The van der Waals surface area contributed by atoms with E-state index in [-0.39, 0.29) is 6.10 Å². The van der Waals surface area contributed by atoms with Gasteiger partial charge in [-0.3, -0.25) is 0 Å². The Hall–Kier alpha value is -0.633. The second kappa shape index (κ2) is 16.5. The number of nitrogens with two attached hydrogens (primary N) is 1. The molecule has 0 saturated heterocycles. The van der Waals surface area contributed by atoms with Crippen LogP contribution in [0.2, 0.25) is 6.55 Å². The van der Waals surface area contributed by atoms with Gasteiger partial charge in [0.1, 0.15) is 0 Å². The fraction of sp³-hybridized carbons (Fsp3) is 0.947. The molecule has 0 aliphatic rings. The van der Waals surface area contributed by atoms with E-state index in [0.29, 0.717) is 19.8 Å². The van der Waals surface area contributed by atoms with Gasteiger partial charge in [0.2, 0.25) is 0 Å². The third-order valence-corrected chi connectivity index (χ3v) is 6.47. The van der Waals surface area contributed by atoms with E-state index < -0.39 is 14.8 Å². The van der Waals surface area contributed by atoms with Crippen LogP contribution in [0.5, 0.6) is 0 Å². The summed E-state index contributed by atoms with van der Waals surface area (Å²) < 4.78 is 18.6. The molecule has 156 valence electrons. The summed E-state index contributed by atoms with van der Waals surface area (Å²) in [5.41, 5.74) is 5.16. The molecular weight excluding hydrogens is 348 g/mol. The Balaban J connectivity index is 4.68. The summed E-state index contributed by atoms with van der Waals surface area (Å²) in [6.07, 6.45) is 10.6. The second-order valence-corrected chi connectivity index (χ2v) is 9.47. The minimum atomic E-state index is -2.68. The molecule has 0 aliphatic carbocycles. The van der Waals surface area contributed by atoms with Gasteiger partial charge < -0.3 is 24.3 Å². The van der Waals surface area contributed by atoms with Gasteiger partial charge in [-0.05, 0) is 25.7 Å². The first-order valence-corrected chi connectivity index (χ1v) is 12.7. The van der Waals surface area contributed by atoms with E-state index in [1.54, 1.807) is 0 Å². The van der Waals surface area contributed by atoms with Gasteiger partial charge in [0.25, 0.3) is 0 Å². The first kappa shape index (κ1) is 25.4. The summed E-state index contributed by atoms with van der Waals surface area (Å²) in [5, 5.41) is 2.65. The Morgan fingerprint density at radius 2 is 1.46 bits per heavy atom. The lowest BCUT2D eigenvalue weighted by Crippen LogP contribution is -2.47. The number of nitrogens with one attached hydrogen (secondary N) is 1. The van der Waals surface area contributed by atoms with Crippen molar-refractivity contribution in [1.29, 1.82) is 0 Å². The van der Waals surface area contributed by atoms with Gasteiger partial charge in [0.15, 0.2) is 0 Å². The highest BCUT2D eigenvalue weighted by Crippen LogP contribution is 2.19. The van der Waals surface area contributed by atoms with Crippen molar-refractivity contribution in [2.45, 2.75) is 97.6 Å². The summed E-state index contributed by atoms with van der Waals surface area (Å²) in [5.74, 6) is 0. The number of hydrogen-bond acceptors (Lipinski definition) is 4. The fourth-order valence-electron chi connectivity index (χ4n) is 2.68. The summed E-state index contributed by atoms with van der Waals surface area (Å²) in [4.78, 5) is 10.9. The molecule has 0 bridgehead atoms. The summed E-state index contributed by atoms with van der Waals surface area (Å²) in [7, 11) is -2.68. The number of amides is 2. The van der Waals surface area contributed by atoms with Crippen molar-refractivity contribution in [3.63, 3.8) is 0 Å². The standard InChI is InChI=1S/C19H42N2O4Si/c1-5-8-11-16-23-26(4,24-17-12-9-6-2)25-18(13-10-7-3)14-15-21-19(20)22/h18H,5-17H2,1-4H3,(H3,20,21,22). The van der Waals surface area contributed by atoms with Crippen LogP contribution in [0, 0.1) is 0 Å². The number of urea groups is 1. The molecule has 3 N–H and O–H groups in total. The van der Waals surface area contributed by atoms with Crippen molar-refractivity contribution in [2.75, 3.05) is 19.8 Å². The number of carbonyl (C=O) groups excluding carboxylic acids is 1. The maximum absolute atomic E-state index is 10.9. The molecule has 0 heterocycles. The van der Waals surface area contributed by atoms with Gasteiger partial charge in [-0.15, -0.1) is 0 Å². The van der Waals surface area contributed by atoms with Crippen LogP contribution in [0.1, 0.15) is 85.0 Å². The number of unbranched alkanes of at least 4 members (excludes halogenated alkanes) is 5. The molecule has 6 nitrogen and oxygen atoms in total. The van der Waals surface area contributed by atoms with Crippen molar-refractivity contribution < 1.29 is 18.1 Å². The van der Waals surface area contributed by atoms with Gasteiger partial charge in [-0.25, -0.2) is 4.79 Å². The van der Waals surface area contributed by atoms with Gasteiger partial charge >= 0.3 is 14.8 Å². The van der Waals surface area contributed by atoms with Gasteiger partial charge in [0.05, 0.1) is 6.10 Å². The zero-order valence-electron chi connectivity index (χ0n) is 17.5. The molecule has 0 aromatic heterocycles. The molecule has 0 aromatic rings. The van der Waals surface area contributed by atoms with E-state index in [4.69, 9.17) is 19.0 Å². The maximum atomic E-state index is 10.9. The van der Waals surface area contributed by atoms with Crippen LogP contribution < -0.4 is 11.1 Å². The average molecular weight is 391 g/mol. The van der Waals surface area contributed by atoms with E-state index in [9.17, 15) is 4.79 Å². The van der Waals surface area contributed by atoms with E-state index in [0.717, 1.165) is 64.2 Å². The number of carbonyl (C=O) groups is 1. The molecule has 0 spiro atoms. The monoisotopic (exact) mass is 390 g/mol. The Kier molecular flexibility index (Phi) is 16.1. The van der Waals surface area contributed by atoms with Crippen LogP contribution in [0.15, 0.2) is 0 Å². The Labute approximate surface area is 161 Å². The van der Waals surface area contributed by atoms with E-state index in [1.807, 2.05) is 6.55 Å². The second-order valence-electron chi connectivity index (χ2n) is 6.94. The molecule has 7 heteroatoms. The minimum Gasteiger partial charge on any atom is -0.374 e. The van der Waals surface area contributed by atoms with Crippen LogP contribution in [-0.2, 0) is 13.3 Å². The lowest BCUT2D eigenvalue weighted by Gasteiger charge is -2.31. The van der Waals surface area contributed by atoms with Crippen LogP contribution in [0.3, 0.4) is 0 Å².